The predicted molar refractivity (Wildman–Crippen MR) is 237 cm³/mol. The second-order valence-corrected chi connectivity index (χ2v) is 14.4. The summed E-state index contributed by atoms with van der Waals surface area (Å²) in [6, 6.07) is 68.2. The fourth-order valence-corrected chi connectivity index (χ4v) is 8.44. The van der Waals surface area contributed by atoms with Crippen molar-refractivity contribution in [2.24, 2.45) is 0 Å². The van der Waals surface area contributed by atoms with E-state index in [4.69, 9.17) is 0 Å². The number of benzene rings is 9. The molecule has 0 aliphatic carbocycles. The molecule has 0 radical (unpaired) electrons. The van der Waals surface area contributed by atoms with Crippen molar-refractivity contribution in [2.75, 3.05) is 35.8 Å². The summed E-state index contributed by atoms with van der Waals surface area (Å²) in [5, 5.41) is 9.87. The first-order chi connectivity index (χ1) is 27.0. The molecule has 0 fully saturated rings. The Morgan fingerprint density at radius 2 is 0.655 bits per heavy atom. The molecule has 264 valence electrons. The largest absolute Gasteiger partial charge is 0.344 e. The van der Waals surface area contributed by atoms with E-state index in [9.17, 15) is 0 Å². The van der Waals surface area contributed by atoms with Crippen molar-refractivity contribution in [2.45, 2.75) is 0 Å². The van der Waals surface area contributed by atoms with E-state index < -0.39 is 0 Å². The van der Waals surface area contributed by atoms with Gasteiger partial charge >= 0.3 is 0 Å². The third kappa shape index (κ3) is 5.45. The topological polar surface area (TPSA) is 14.7 Å². The Bertz CT molecular complexity index is 2890. The lowest BCUT2D eigenvalue weighted by molar-refractivity contribution is 1.15. The monoisotopic (exact) mass is 708 g/mol. The van der Waals surface area contributed by atoms with Crippen molar-refractivity contribution in [3.05, 3.63) is 188 Å². The van der Waals surface area contributed by atoms with Crippen molar-refractivity contribution in [1.82, 2.24) is 4.57 Å². The zero-order chi connectivity index (χ0) is 37.0. The van der Waals surface area contributed by atoms with Gasteiger partial charge in [0.2, 0.25) is 0 Å². The van der Waals surface area contributed by atoms with Gasteiger partial charge in [-0.25, -0.2) is 0 Å². The number of hydrogen-bond acceptors (Lipinski definition) is 3. The fourth-order valence-electron chi connectivity index (χ4n) is 8.44. The molecule has 0 saturated heterocycles. The summed E-state index contributed by atoms with van der Waals surface area (Å²) >= 11 is 0. The second-order valence-electron chi connectivity index (χ2n) is 14.4. The molecule has 0 spiro atoms. The van der Waals surface area contributed by atoms with Crippen LogP contribution in [-0.2, 0) is 0 Å². The van der Waals surface area contributed by atoms with Crippen LogP contribution in [0.25, 0.3) is 59.8 Å². The molecule has 0 aliphatic rings. The Labute approximate surface area is 321 Å². The molecule has 55 heavy (non-hydrogen) atoms. The standard InChI is InChI=1S/C51H40N4/c1-52(47-22-10-16-35-13-4-7-19-42(35)47)38-25-27-39(28-26-38)55-50-33-40(53(2)48-23-11-17-36-14-5-8-20-43(36)48)29-31-45(50)46-32-30-41(34-51(46)55)54(3)49-24-12-18-37-15-6-9-21-44(37)49/h4-34H,1-3H3. The van der Waals surface area contributed by atoms with Gasteiger partial charge in [0.25, 0.3) is 0 Å². The van der Waals surface area contributed by atoms with Crippen LogP contribution in [0.3, 0.4) is 0 Å². The van der Waals surface area contributed by atoms with Crippen molar-refractivity contribution in [3.8, 4) is 5.69 Å². The van der Waals surface area contributed by atoms with Crippen LogP contribution >= 0.6 is 0 Å². The van der Waals surface area contributed by atoms with Crippen molar-refractivity contribution < 1.29 is 0 Å². The molecule has 4 heteroatoms. The van der Waals surface area contributed by atoms with Gasteiger partial charge in [-0.15, -0.1) is 0 Å². The van der Waals surface area contributed by atoms with Crippen LogP contribution in [0.2, 0.25) is 0 Å². The van der Waals surface area contributed by atoms with Gasteiger partial charge in [0.05, 0.1) is 11.0 Å². The summed E-state index contributed by atoms with van der Waals surface area (Å²) in [6.45, 7) is 0. The maximum atomic E-state index is 2.44. The molecule has 0 amide bonds. The lowest BCUT2D eigenvalue weighted by Crippen LogP contribution is -2.10. The lowest BCUT2D eigenvalue weighted by Gasteiger charge is -2.23. The van der Waals surface area contributed by atoms with Gasteiger partial charge in [0.15, 0.2) is 0 Å². The number of anilines is 6. The molecule has 0 atom stereocenters. The molecule has 1 aromatic heterocycles. The fraction of sp³-hybridized carbons (Fsp3) is 0.0588. The highest BCUT2D eigenvalue weighted by molar-refractivity contribution is 6.11. The third-order valence-electron chi connectivity index (χ3n) is 11.4. The van der Waals surface area contributed by atoms with Crippen LogP contribution in [0.1, 0.15) is 0 Å². The van der Waals surface area contributed by atoms with Crippen LogP contribution in [-0.4, -0.2) is 25.7 Å². The molecule has 0 bridgehead atoms. The zero-order valence-corrected chi connectivity index (χ0v) is 31.2. The molecule has 1 heterocycles. The van der Waals surface area contributed by atoms with Gasteiger partial charge in [0.1, 0.15) is 0 Å². The minimum atomic E-state index is 1.12. The van der Waals surface area contributed by atoms with E-state index >= 15 is 0 Å². The van der Waals surface area contributed by atoms with Gasteiger partial charge < -0.3 is 19.3 Å². The Morgan fingerprint density at radius 3 is 1.07 bits per heavy atom. The van der Waals surface area contributed by atoms with E-state index in [0.29, 0.717) is 0 Å². The molecular weight excluding hydrogens is 669 g/mol. The van der Waals surface area contributed by atoms with E-state index in [-0.39, 0.29) is 0 Å². The van der Waals surface area contributed by atoms with Crippen molar-refractivity contribution >= 4 is 88.2 Å². The van der Waals surface area contributed by atoms with Gasteiger partial charge in [0, 0.05) is 87.9 Å². The van der Waals surface area contributed by atoms with Gasteiger partial charge in [-0.1, -0.05) is 121 Å². The average Bonchev–Trinajstić information content (AvgIpc) is 3.58. The van der Waals surface area contributed by atoms with Crippen LogP contribution < -0.4 is 14.7 Å². The Kier molecular flexibility index (Phi) is 7.77. The lowest BCUT2D eigenvalue weighted by atomic mass is 10.1. The number of aromatic nitrogens is 1. The molecule has 0 unspecified atom stereocenters. The van der Waals surface area contributed by atoms with Crippen molar-refractivity contribution in [3.63, 3.8) is 0 Å². The highest BCUT2D eigenvalue weighted by Crippen LogP contribution is 2.41. The molecule has 10 rings (SSSR count). The van der Waals surface area contributed by atoms with E-state index in [1.54, 1.807) is 0 Å². The maximum Gasteiger partial charge on any atom is 0.0561 e. The van der Waals surface area contributed by atoms with Crippen LogP contribution in [0.4, 0.5) is 34.1 Å². The first-order valence-corrected chi connectivity index (χ1v) is 18.9. The molecule has 4 nitrogen and oxygen atoms in total. The SMILES string of the molecule is CN(c1ccc(-n2c3cc(N(C)c4cccc5ccccc45)ccc3c3ccc(N(C)c4cccc5ccccc45)cc32)cc1)c1cccc2ccccc12. The maximum absolute atomic E-state index is 2.44. The summed E-state index contributed by atoms with van der Waals surface area (Å²) in [5.74, 6) is 0. The molecule has 10 aromatic rings. The van der Waals surface area contributed by atoms with Crippen molar-refractivity contribution in [1.29, 1.82) is 0 Å². The van der Waals surface area contributed by atoms with Gasteiger partial charge in [-0.3, -0.25) is 0 Å². The molecule has 0 aliphatic heterocycles. The smallest absolute Gasteiger partial charge is 0.0561 e. The molecule has 0 N–H and O–H groups in total. The quantitative estimate of drug-likeness (QED) is 0.164. The Hall–Kier alpha value is -7.04. The molecule has 0 saturated carbocycles. The predicted octanol–water partition coefficient (Wildman–Crippen LogP) is 13.5. The number of hydrogen-bond donors (Lipinski definition) is 0. The van der Waals surface area contributed by atoms with Gasteiger partial charge in [-0.05, 0) is 82.9 Å². The molecule has 9 aromatic carbocycles. The van der Waals surface area contributed by atoms with E-state index in [2.05, 4.69) is 228 Å². The minimum absolute atomic E-state index is 1.12. The first-order valence-electron chi connectivity index (χ1n) is 18.9. The van der Waals surface area contributed by atoms with E-state index in [1.807, 2.05) is 0 Å². The van der Waals surface area contributed by atoms with Crippen LogP contribution in [0, 0.1) is 0 Å². The summed E-state index contributed by atoms with van der Waals surface area (Å²) in [4.78, 5) is 6.91. The number of fused-ring (bicyclic) bond motifs is 6. The van der Waals surface area contributed by atoms with Crippen LogP contribution in [0.15, 0.2) is 188 Å². The Balaban J connectivity index is 1.13. The first kappa shape index (κ1) is 32.6. The highest BCUT2D eigenvalue weighted by Gasteiger charge is 2.18. The van der Waals surface area contributed by atoms with E-state index in [1.165, 1.54) is 71.2 Å². The highest BCUT2D eigenvalue weighted by atomic mass is 15.1. The van der Waals surface area contributed by atoms with E-state index in [0.717, 1.165) is 22.7 Å². The summed E-state index contributed by atoms with van der Waals surface area (Å²) in [6.07, 6.45) is 0. The van der Waals surface area contributed by atoms with Crippen LogP contribution in [0.5, 0.6) is 0 Å². The third-order valence-corrected chi connectivity index (χ3v) is 11.4. The average molecular weight is 709 g/mol. The Morgan fingerprint density at radius 1 is 0.309 bits per heavy atom. The molecular formula is C51H40N4. The van der Waals surface area contributed by atoms with Gasteiger partial charge in [-0.2, -0.15) is 0 Å². The number of nitrogens with zero attached hydrogens (tertiary/aromatic N) is 4. The number of rotatable bonds is 7. The zero-order valence-electron chi connectivity index (χ0n) is 31.2. The summed E-state index contributed by atoms with van der Waals surface area (Å²) < 4.78 is 2.44. The second kappa shape index (κ2) is 13.1. The summed E-state index contributed by atoms with van der Waals surface area (Å²) in [7, 11) is 6.50. The minimum Gasteiger partial charge on any atom is -0.344 e. The normalized spacial score (nSPS) is 11.5. The summed E-state index contributed by atoms with van der Waals surface area (Å²) in [5.41, 5.74) is 10.4.